The highest BCUT2D eigenvalue weighted by Crippen LogP contribution is 2.54. The summed E-state index contributed by atoms with van der Waals surface area (Å²) in [6.45, 7) is 0.240. The lowest BCUT2D eigenvalue weighted by atomic mass is 9.76. The molecule has 3 aromatic rings. The second kappa shape index (κ2) is 10.4. The van der Waals surface area contributed by atoms with Crippen molar-refractivity contribution in [3.8, 4) is 17.2 Å². The third kappa shape index (κ3) is 4.85. The highest BCUT2D eigenvalue weighted by atomic mass is 79.9. The summed E-state index contributed by atoms with van der Waals surface area (Å²) in [5.74, 6) is 1.75. The largest absolute Gasteiger partial charge is 0.494 e. The number of nitrogens with zero attached hydrogens (tertiary/aromatic N) is 1. The molecule has 0 radical (unpaired) electrons. The number of ether oxygens (including phenoxy) is 3. The van der Waals surface area contributed by atoms with Crippen LogP contribution in [0.3, 0.4) is 0 Å². The second-order valence-corrected chi connectivity index (χ2v) is 10.6. The molecule has 1 aliphatic carbocycles. The van der Waals surface area contributed by atoms with Crippen LogP contribution < -0.4 is 19.5 Å². The summed E-state index contributed by atoms with van der Waals surface area (Å²) in [7, 11) is 3.12. The van der Waals surface area contributed by atoms with E-state index in [0.717, 1.165) is 33.3 Å². The van der Waals surface area contributed by atoms with Gasteiger partial charge in [0.25, 0.3) is 5.69 Å². The number of hydrogen-bond donors (Lipinski definition) is 1. The minimum absolute atomic E-state index is 0.0154. The number of methoxy groups -OCH3 is 2. The van der Waals surface area contributed by atoms with E-state index >= 15 is 0 Å². The number of benzene rings is 3. The van der Waals surface area contributed by atoms with Gasteiger partial charge in [0.2, 0.25) is 0 Å². The lowest BCUT2D eigenvalue weighted by Gasteiger charge is -2.38. The first kappa shape index (κ1) is 25.7. The Labute approximate surface area is 232 Å². The fraction of sp³-hybridized carbons (Fsp3) is 0.259. The maximum Gasteiger partial charge on any atom is 0.273 e. The number of nitro benzene ring substituents is 1. The quantitative estimate of drug-likeness (QED) is 0.166. The molecule has 0 amide bonds. The highest BCUT2D eigenvalue weighted by molar-refractivity contribution is 9.10. The Kier molecular flexibility index (Phi) is 7.25. The predicted octanol–water partition coefficient (Wildman–Crippen LogP) is 8.09. The predicted molar refractivity (Wildman–Crippen MR) is 147 cm³/mol. The van der Waals surface area contributed by atoms with Gasteiger partial charge in [-0.05, 0) is 63.7 Å². The van der Waals surface area contributed by atoms with E-state index in [1.807, 2.05) is 18.2 Å². The van der Waals surface area contributed by atoms with Crippen molar-refractivity contribution in [3.63, 3.8) is 0 Å². The lowest BCUT2D eigenvalue weighted by molar-refractivity contribution is -0.385. The van der Waals surface area contributed by atoms with E-state index < -0.39 is 0 Å². The smallest absolute Gasteiger partial charge is 0.273 e. The van der Waals surface area contributed by atoms with Crippen LogP contribution in [-0.2, 0) is 6.61 Å². The first-order valence-electron chi connectivity index (χ1n) is 11.5. The molecule has 2 aliphatic rings. The van der Waals surface area contributed by atoms with Crippen LogP contribution in [0.1, 0.15) is 35.1 Å². The molecule has 1 N–H and O–H groups in total. The van der Waals surface area contributed by atoms with Gasteiger partial charge in [-0.25, -0.2) is 0 Å². The monoisotopic (exact) mass is 604 g/mol. The minimum atomic E-state index is -0.388. The number of nitro groups is 1. The van der Waals surface area contributed by atoms with Crippen LogP contribution in [0, 0.1) is 16.0 Å². The summed E-state index contributed by atoms with van der Waals surface area (Å²) in [5.41, 5.74) is 3.44. The van der Waals surface area contributed by atoms with E-state index in [-0.39, 0.29) is 35.1 Å². The van der Waals surface area contributed by atoms with Gasteiger partial charge in [0.15, 0.2) is 11.5 Å². The number of fused-ring (bicyclic) bond motifs is 3. The average Bonchev–Trinajstić information content (AvgIpc) is 3.37. The Morgan fingerprint density at radius 1 is 1.11 bits per heavy atom. The van der Waals surface area contributed by atoms with E-state index in [1.54, 1.807) is 25.3 Å². The average molecular weight is 606 g/mol. The van der Waals surface area contributed by atoms with Gasteiger partial charge in [-0.15, -0.1) is 0 Å². The van der Waals surface area contributed by atoms with Crippen molar-refractivity contribution in [1.82, 2.24) is 0 Å². The molecule has 0 saturated carbocycles. The van der Waals surface area contributed by atoms with Gasteiger partial charge in [0.05, 0.1) is 41.4 Å². The van der Waals surface area contributed by atoms with Gasteiger partial charge in [-0.1, -0.05) is 41.4 Å². The zero-order valence-electron chi connectivity index (χ0n) is 20.0. The van der Waals surface area contributed by atoms with Crippen molar-refractivity contribution in [3.05, 3.63) is 95.9 Å². The van der Waals surface area contributed by atoms with E-state index in [2.05, 4.69) is 33.4 Å². The molecular formula is C27H23BrCl2N2O5. The number of nitrogens with one attached hydrogen (secondary N) is 1. The van der Waals surface area contributed by atoms with Crippen LogP contribution in [0.5, 0.6) is 17.2 Å². The number of allylic oxidation sites excluding steroid dienone is 2. The molecule has 3 aromatic carbocycles. The maximum atomic E-state index is 11.5. The molecule has 1 heterocycles. The molecule has 7 nitrogen and oxygen atoms in total. The molecule has 192 valence electrons. The number of hydrogen-bond acceptors (Lipinski definition) is 6. The van der Waals surface area contributed by atoms with Crippen molar-refractivity contribution < 1.29 is 19.1 Å². The van der Waals surface area contributed by atoms with Gasteiger partial charge in [-0.3, -0.25) is 10.1 Å². The van der Waals surface area contributed by atoms with Gasteiger partial charge < -0.3 is 19.5 Å². The molecule has 5 rings (SSSR count). The maximum absolute atomic E-state index is 11.5. The topological polar surface area (TPSA) is 82.9 Å². The van der Waals surface area contributed by atoms with Gasteiger partial charge in [0.1, 0.15) is 12.4 Å². The lowest BCUT2D eigenvalue weighted by Crippen LogP contribution is -2.29. The molecular weight excluding hydrogens is 583 g/mol. The Bertz CT molecular complexity index is 1410. The van der Waals surface area contributed by atoms with Crippen LogP contribution in [0.15, 0.2) is 59.1 Å². The van der Waals surface area contributed by atoms with E-state index in [4.69, 9.17) is 37.4 Å². The van der Waals surface area contributed by atoms with Crippen molar-refractivity contribution in [2.24, 2.45) is 5.92 Å². The van der Waals surface area contributed by atoms with Crippen molar-refractivity contribution in [2.75, 3.05) is 19.5 Å². The Hall–Kier alpha value is -2.94. The number of rotatable bonds is 7. The van der Waals surface area contributed by atoms with Crippen LogP contribution in [0.2, 0.25) is 10.0 Å². The van der Waals surface area contributed by atoms with Crippen molar-refractivity contribution >= 4 is 50.5 Å². The van der Waals surface area contributed by atoms with Gasteiger partial charge in [-0.2, -0.15) is 0 Å². The van der Waals surface area contributed by atoms with Gasteiger partial charge >= 0.3 is 0 Å². The Morgan fingerprint density at radius 2 is 1.89 bits per heavy atom. The van der Waals surface area contributed by atoms with Crippen LogP contribution in [0.4, 0.5) is 11.4 Å². The minimum Gasteiger partial charge on any atom is -0.494 e. The summed E-state index contributed by atoms with van der Waals surface area (Å²) in [4.78, 5) is 11.1. The van der Waals surface area contributed by atoms with Gasteiger partial charge in [0, 0.05) is 27.6 Å². The van der Waals surface area contributed by atoms with Crippen molar-refractivity contribution in [1.29, 1.82) is 0 Å². The Morgan fingerprint density at radius 3 is 2.59 bits per heavy atom. The SMILES string of the molecule is COc1cc([N+](=O)[O-])cc2c1N[C@H](c1cc(Br)c(OCc3ccc(Cl)cc3Cl)c(OC)c1)[C@@H]1CC=C[C@@H]21. The van der Waals surface area contributed by atoms with Crippen LogP contribution in [0.25, 0.3) is 0 Å². The second-order valence-electron chi connectivity index (χ2n) is 8.90. The standard InChI is InChI=1S/C27H23BrCl2N2O5/c1-35-23-12-17(32(33)34)11-20-18-4-3-5-19(18)25(31-26(20)23)15-8-21(28)27(24(9-15)36-2)37-13-14-6-7-16(29)10-22(14)30/h3-4,6-12,18-19,25,31H,5,13H2,1-2H3/t18-,19-,25-/m1/s1. The zero-order valence-corrected chi connectivity index (χ0v) is 23.1. The molecule has 1 aliphatic heterocycles. The van der Waals surface area contributed by atoms with Crippen molar-refractivity contribution in [2.45, 2.75) is 25.0 Å². The molecule has 3 atom stereocenters. The molecule has 10 heteroatoms. The molecule has 37 heavy (non-hydrogen) atoms. The van der Waals surface area contributed by atoms with E-state index in [1.165, 1.54) is 13.2 Å². The summed E-state index contributed by atoms with van der Waals surface area (Å²) in [5, 5.41) is 16.2. The fourth-order valence-corrected chi connectivity index (χ4v) is 6.13. The number of halogens is 3. The molecule has 0 bridgehead atoms. The van der Waals surface area contributed by atoms with E-state index in [9.17, 15) is 10.1 Å². The molecule has 0 saturated heterocycles. The normalized spacial score (nSPS) is 19.5. The summed E-state index contributed by atoms with van der Waals surface area (Å²) < 4.78 is 18.1. The Balaban J connectivity index is 1.49. The van der Waals surface area contributed by atoms with Crippen LogP contribution in [-0.4, -0.2) is 19.1 Å². The number of anilines is 1. The highest BCUT2D eigenvalue weighted by Gasteiger charge is 2.40. The third-order valence-electron chi connectivity index (χ3n) is 6.85. The zero-order chi connectivity index (χ0) is 26.3. The molecule has 0 spiro atoms. The first-order valence-corrected chi connectivity index (χ1v) is 13.1. The first-order chi connectivity index (χ1) is 17.8. The fourth-order valence-electron chi connectivity index (χ4n) is 5.10. The summed E-state index contributed by atoms with van der Waals surface area (Å²) in [6, 6.07) is 12.3. The van der Waals surface area contributed by atoms with Crippen LogP contribution >= 0.6 is 39.1 Å². The molecule has 0 aromatic heterocycles. The third-order valence-corrected chi connectivity index (χ3v) is 8.02. The summed E-state index contributed by atoms with van der Waals surface area (Å²) >= 11 is 16.0. The number of non-ortho nitro benzene ring substituents is 1. The summed E-state index contributed by atoms with van der Waals surface area (Å²) in [6.07, 6.45) is 5.09. The molecule has 0 fully saturated rings. The molecule has 0 unspecified atom stereocenters. The van der Waals surface area contributed by atoms with E-state index in [0.29, 0.717) is 27.3 Å².